The Labute approximate surface area is 127 Å². The van der Waals surface area contributed by atoms with Crippen molar-refractivity contribution in [1.82, 2.24) is 0 Å². The molecule has 0 aromatic heterocycles. The first-order chi connectivity index (χ1) is 9.93. The predicted octanol–water partition coefficient (Wildman–Crippen LogP) is 3.07. The second-order valence-electron chi connectivity index (χ2n) is 4.18. The molecule has 1 atom stereocenters. The molecular weight excluding hydrogens is 295 g/mol. The Bertz CT molecular complexity index is 390. The summed E-state index contributed by atoms with van der Waals surface area (Å²) in [4.78, 5) is 0. The van der Waals surface area contributed by atoms with Crippen molar-refractivity contribution in [2.24, 2.45) is 0 Å². The van der Waals surface area contributed by atoms with Crippen molar-refractivity contribution in [2.75, 3.05) is 33.0 Å². The van der Waals surface area contributed by atoms with Gasteiger partial charge in [-0.15, -0.1) is 5.73 Å². The molecule has 0 aliphatic rings. The molecule has 0 spiro atoms. The summed E-state index contributed by atoms with van der Waals surface area (Å²) in [7, 11) is -3.48. The fraction of sp³-hybridized carbons (Fsp3) is 0.786. The van der Waals surface area contributed by atoms with E-state index in [2.05, 4.69) is 5.73 Å². The minimum Gasteiger partial charge on any atom is -0.391 e. The summed E-state index contributed by atoms with van der Waals surface area (Å²) in [5.74, 6) is 0. The van der Waals surface area contributed by atoms with Crippen LogP contribution in [0.3, 0.4) is 0 Å². The van der Waals surface area contributed by atoms with Gasteiger partial charge in [0, 0.05) is 6.61 Å². The first-order valence-electron chi connectivity index (χ1n) is 7.12. The van der Waals surface area contributed by atoms with Crippen LogP contribution in [-0.2, 0) is 23.1 Å². The summed E-state index contributed by atoms with van der Waals surface area (Å²) in [6.07, 6.45) is -0.446. The Balaban J connectivity index is 5.31. The van der Waals surface area contributed by atoms with Crippen LogP contribution in [0.2, 0.25) is 0 Å². The highest BCUT2D eigenvalue weighted by Crippen LogP contribution is 2.55. The number of ether oxygens (including phenoxy) is 2. The molecule has 6 nitrogen and oxygen atoms in total. The zero-order valence-corrected chi connectivity index (χ0v) is 14.4. The van der Waals surface area contributed by atoms with Gasteiger partial charge in [0.25, 0.3) is 0 Å². The third kappa shape index (κ3) is 7.93. The number of hydrogen-bond acceptors (Lipinski definition) is 6. The smallest absolute Gasteiger partial charge is 0.367 e. The van der Waals surface area contributed by atoms with Gasteiger partial charge in [-0.3, -0.25) is 4.57 Å². The predicted molar refractivity (Wildman–Crippen MR) is 81.2 cm³/mol. The molecule has 0 heterocycles. The molecule has 0 aliphatic heterocycles. The number of hydrogen-bond donors (Lipinski definition) is 1. The standard InChI is InChI=1S/C14H27O6P/c1-6-17-13(5)18-11-14(9-12(4)10-15)21(16,19-7-2)20-8-3/h13,15H,6-8,10-11H2,1-5H3. The van der Waals surface area contributed by atoms with Crippen LogP contribution in [-0.4, -0.2) is 44.4 Å². The van der Waals surface area contributed by atoms with E-state index in [4.69, 9.17) is 23.6 Å². The monoisotopic (exact) mass is 322 g/mol. The SMILES string of the molecule is CCOC(C)OCC(=C=C(C)CO)P(=O)(OCC)OCC. The van der Waals surface area contributed by atoms with Crippen LogP contribution in [0.1, 0.15) is 34.6 Å². The Kier molecular flexibility index (Phi) is 10.9. The van der Waals surface area contributed by atoms with E-state index in [0.717, 1.165) is 0 Å². The zero-order valence-electron chi connectivity index (χ0n) is 13.5. The molecule has 21 heavy (non-hydrogen) atoms. The van der Waals surface area contributed by atoms with E-state index < -0.39 is 13.9 Å². The average Bonchev–Trinajstić information content (AvgIpc) is 2.43. The normalized spacial score (nSPS) is 12.9. The van der Waals surface area contributed by atoms with Gasteiger partial charge in [0.15, 0.2) is 6.29 Å². The van der Waals surface area contributed by atoms with Crippen LogP contribution in [0.5, 0.6) is 0 Å². The van der Waals surface area contributed by atoms with Crippen LogP contribution in [0.15, 0.2) is 16.6 Å². The van der Waals surface area contributed by atoms with Gasteiger partial charge in [-0.2, -0.15) is 0 Å². The summed E-state index contributed by atoms with van der Waals surface area (Å²) in [5.41, 5.74) is 3.39. The molecule has 7 heteroatoms. The molecule has 0 saturated carbocycles. The lowest BCUT2D eigenvalue weighted by atomic mass is 10.3. The molecule has 0 saturated heterocycles. The molecule has 0 bridgehead atoms. The maximum atomic E-state index is 12.8. The molecule has 1 unspecified atom stereocenters. The highest BCUT2D eigenvalue weighted by Gasteiger charge is 2.30. The second-order valence-corrected chi connectivity index (χ2v) is 6.23. The third-order valence-electron chi connectivity index (χ3n) is 2.38. The number of aliphatic hydroxyl groups is 1. The topological polar surface area (TPSA) is 74.2 Å². The Morgan fingerprint density at radius 2 is 1.71 bits per heavy atom. The van der Waals surface area contributed by atoms with E-state index >= 15 is 0 Å². The maximum absolute atomic E-state index is 12.8. The highest BCUT2D eigenvalue weighted by atomic mass is 31.2. The molecule has 1 N–H and O–H groups in total. The van der Waals surface area contributed by atoms with Gasteiger partial charge in [-0.05, 0) is 40.2 Å². The highest BCUT2D eigenvalue weighted by molar-refractivity contribution is 7.58. The number of aliphatic hydroxyl groups excluding tert-OH is 1. The van der Waals surface area contributed by atoms with Crippen molar-refractivity contribution in [3.8, 4) is 0 Å². The lowest BCUT2D eigenvalue weighted by molar-refractivity contribution is -0.119. The molecule has 0 amide bonds. The van der Waals surface area contributed by atoms with E-state index in [9.17, 15) is 4.57 Å². The summed E-state index contributed by atoms with van der Waals surface area (Å²) < 4.78 is 34.1. The largest absolute Gasteiger partial charge is 0.391 e. The molecule has 0 fully saturated rings. The summed E-state index contributed by atoms with van der Waals surface area (Å²) in [6.45, 7) is 9.54. The molecule has 0 aliphatic carbocycles. The third-order valence-corrected chi connectivity index (χ3v) is 4.48. The lowest BCUT2D eigenvalue weighted by Gasteiger charge is -2.20. The molecule has 124 valence electrons. The van der Waals surface area contributed by atoms with Gasteiger partial charge in [0.2, 0.25) is 0 Å². The zero-order chi connectivity index (χ0) is 16.3. The van der Waals surface area contributed by atoms with Crippen molar-refractivity contribution in [2.45, 2.75) is 40.9 Å². The molecule has 0 aromatic carbocycles. The van der Waals surface area contributed by atoms with Gasteiger partial charge in [0.1, 0.15) is 5.31 Å². The van der Waals surface area contributed by atoms with Crippen molar-refractivity contribution in [3.05, 3.63) is 16.6 Å². The van der Waals surface area contributed by atoms with E-state index in [0.29, 0.717) is 12.2 Å². The van der Waals surface area contributed by atoms with E-state index in [1.54, 1.807) is 27.7 Å². The van der Waals surface area contributed by atoms with Crippen LogP contribution in [0.25, 0.3) is 0 Å². The van der Waals surface area contributed by atoms with Gasteiger partial charge < -0.3 is 23.6 Å². The van der Waals surface area contributed by atoms with Crippen LogP contribution >= 0.6 is 7.60 Å². The molecule has 0 rings (SSSR count). The molecule has 0 aromatic rings. The number of rotatable bonds is 11. The fourth-order valence-corrected chi connectivity index (χ4v) is 3.11. The minimum atomic E-state index is -3.48. The van der Waals surface area contributed by atoms with Crippen LogP contribution < -0.4 is 0 Å². The Hall–Kier alpha value is -0.450. The van der Waals surface area contributed by atoms with Gasteiger partial charge in [0.05, 0.1) is 26.4 Å². The van der Waals surface area contributed by atoms with Crippen molar-refractivity contribution >= 4 is 7.60 Å². The van der Waals surface area contributed by atoms with Crippen molar-refractivity contribution < 1.29 is 28.2 Å². The van der Waals surface area contributed by atoms with E-state index in [-0.39, 0.29) is 31.7 Å². The summed E-state index contributed by atoms with van der Waals surface area (Å²) in [6, 6.07) is 0. The van der Waals surface area contributed by atoms with Gasteiger partial charge in [-0.25, -0.2) is 0 Å². The summed E-state index contributed by atoms with van der Waals surface area (Å²) >= 11 is 0. The Morgan fingerprint density at radius 3 is 2.14 bits per heavy atom. The Morgan fingerprint density at radius 1 is 1.14 bits per heavy atom. The van der Waals surface area contributed by atoms with Crippen molar-refractivity contribution in [1.29, 1.82) is 0 Å². The van der Waals surface area contributed by atoms with E-state index in [1.165, 1.54) is 0 Å². The van der Waals surface area contributed by atoms with Gasteiger partial charge in [-0.1, -0.05) is 0 Å². The fourth-order valence-electron chi connectivity index (χ4n) is 1.48. The van der Waals surface area contributed by atoms with Gasteiger partial charge >= 0.3 is 7.60 Å². The van der Waals surface area contributed by atoms with Crippen LogP contribution in [0.4, 0.5) is 0 Å². The lowest BCUT2D eigenvalue weighted by Crippen LogP contribution is -2.15. The van der Waals surface area contributed by atoms with E-state index in [1.807, 2.05) is 6.92 Å². The quantitative estimate of drug-likeness (QED) is 0.358. The first-order valence-corrected chi connectivity index (χ1v) is 8.66. The average molecular weight is 322 g/mol. The molecular formula is C14H27O6P. The minimum absolute atomic E-state index is 0.00418. The van der Waals surface area contributed by atoms with Crippen molar-refractivity contribution in [3.63, 3.8) is 0 Å². The van der Waals surface area contributed by atoms with Crippen LogP contribution in [0, 0.1) is 0 Å². The summed E-state index contributed by atoms with van der Waals surface area (Å²) in [5, 5.41) is 9.38. The first kappa shape index (κ1) is 20.6. The maximum Gasteiger partial charge on any atom is 0.367 e. The molecule has 0 radical (unpaired) electrons. The second kappa shape index (κ2) is 11.2.